The predicted octanol–water partition coefficient (Wildman–Crippen LogP) is 6.56. The van der Waals surface area contributed by atoms with E-state index in [0.717, 1.165) is 6.42 Å². The Labute approximate surface area is 319 Å². The molecule has 0 saturated heterocycles. The first kappa shape index (κ1) is 38.3. The summed E-state index contributed by atoms with van der Waals surface area (Å²) in [6, 6.07) is 46.0. The van der Waals surface area contributed by atoms with Gasteiger partial charge in [-0.3, -0.25) is 6.08 Å². The summed E-state index contributed by atoms with van der Waals surface area (Å²) in [5.41, 5.74) is 8.41. The Morgan fingerprint density at radius 3 is 1.51 bits per heavy atom. The molecule has 0 heterocycles. The fourth-order valence-corrected chi connectivity index (χ4v) is 7.45. The van der Waals surface area contributed by atoms with Gasteiger partial charge in [-0.1, -0.05) is 98.3 Å². The van der Waals surface area contributed by atoms with Crippen LogP contribution in [0.4, 0.5) is 0 Å². The number of hydrogen-bond donors (Lipinski definition) is 0. The molecule has 0 N–H and O–H groups in total. The van der Waals surface area contributed by atoms with Crippen molar-refractivity contribution in [3.05, 3.63) is 173 Å². The van der Waals surface area contributed by atoms with Crippen LogP contribution in [0.1, 0.15) is 56.4 Å². The molecule has 0 radical (unpaired) electrons. The molecule has 1 aliphatic carbocycles. The minimum absolute atomic E-state index is 0. The van der Waals surface area contributed by atoms with Crippen LogP contribution < -0.4 is 24.8 Å². The number of fused-ring (bicyclic) bond motifs is 8. The number of aryl methyl sites for hydroxylation is 2. The molecule has 8 rings (SSSR count). The Morgan fingerprint density at radius 1 is 0.592 bits per heavy atom. The van der Waals surface area contributed by atoms with Crippen LogP contribution in [0.25, 0.3) is 43.1 Å². The van der Waals surface area contributed by atoms with Crippen LogP contribution in [0.2, 0.25) is 0 Å². The van der Waals surface area contributed by atoms with E-state index in [4.69, 9.17) is 0 Å². The van der Waals surface area contributed by atoms with Crippen LogP contribution in [0, 0.1) is 25.3 Å². The summed E-state index contributed by atoms with van der Waals surface area (Å²) in [6.45, 7) is 13.1. The monoisotopic (exact) mass is 754 g/mol. The first-order valence-electron chi connectivity index (χ1n) is 16.5. The quantitative estimate of drug-likeness (QED) is 0.139. The molecule has 1 aliphatic rings. The zero-order chi connectivity index (χ0) is 33.1. The van der Waals surface area contributed by atoms with E-state index in [1.165, 1.54) is 104 Å². The molecule has 0 amide bonds. The average molecular weight is 757 g/mol. The molecule has 49 heavy (non-hydrogen) atoms. The maximum atomic E-state index is 3.37. The van der Waals surface area contributed by atoms with Gasteiger partial charge >= 0.3 is 112 Å². The van der Waals surface area contributed by atoms with E-state index in [1.54, 1.807) is 0 Å². The zero-order valence-electron chi connectivity index (χ0n) is 29.2. The Hall–Kier alpha value is -3.48. The van der Waals surface area contributed by atoms with Gasteiger partial charge in [0, 0.05) is 0 Å². The van der Waals surface area contributed by atoms with Crippen molar-refractivity contribution in [2.24, 2.45) is 5.41 Å². The summed E-state index contributed by atoms with van der Waals surface area (Å²) in [6.07, 6.45) is 6.62. The second kappa shape index (κ2) is 16.5. The Bertz CT molecular complexity index is 2230. The molecule has 7 aromatic rings. The minimum Gasteiger partial charge on any atom is -1.00 e. The number of allylic oxidation sites excluding steroid dienone is 4. The third-order valence-corrected chi connectivity index (χ3v) is 10.4. The standard InChI is InChI=1S/C21H13.C15H14.C10H15.2ClH.Zr/c1-2-8-15-14(7-1)13-20-18-11-4-3-9-16(18)17-10-5-6-12-19(17)21(15)20;1-12-3-7-14(8-4-12)11-15-9-5-13(2)6-10-15;1-8-6-5-7-9(8)10(2,3)4;;;/h1-13H;3-10H,1-2H3;6H,5H2,1-4H3;2*1H;/q-1;;-1;;;+2/p-2. The molecule has 246 valence electrons. The van der Waals surface area contributed by atoms with Crippen LogP contribution in [0.3, 0.4) is 0 Å². The smallest absolute Gasteiger partial charge is 0.0255 e. The molecule has 0 bridgehead atoms. The summed E-state index contributed by atoms with van der Waals surface area (Å²) in [4.78, 5) is 0. The number of rotatable bonds is 2. The molecule has 0 aromatic heterocycles. The van der Waals surface area contributed by atoms with Crippen molar-refractivity contribution in [3.63, 3.8) is 0 Å². The van der Waals surface area contributed by atoms with Gasteiger partial charge in [0.2, 0.25) is 0 Å². The molecular weight excluding hydrogens is 715 g/mol. The second-order valence-corrected chi connectivity index (χ2v) is 14.8. The molecule has 0 nitrogen and oxygen atoms in total. The fourth-order valence-electron chi connectivity index (χ4n) is 6.63. The molecule has 0 saturated carbocycles. The van der Waals surface area contributed by atoms with Crippen LogP contribution in [0.15, 0.2) is 145 Å². The van der Waals surface area contributed by atoms with Crippen molar-refractivity contribution in [2.75, 3.05) is 0 Å². The van der Waals surface area contributed by atoms with Gasteiger partial charge in [0.05, 0.1) is 0 Å². The SMILES string of the molecule is CC1=CC[C-]=C1C(C)(C)C.Cc1ccc([C](=[Zr+2])c2ccc(C)cc2)cc1.[Cl-].[Cl-].c1ccc2c(c1)[cH-]c1c3ccccc3c3ccccc3c21. The van der Waals surface area contributed by atoms with Gasteiger partial charge < -0.3 is 24.8 Å². The third kappa shape index (κ3) is 8.46. The first-order chi connectivity index (χ1) is 22.6. The average Bonchev–Trinajstić information content (AvgIpc) is 3.70. The largest absolute Gasteiger partial charge is 1.00 e. The maximum Gasteiger partial charge on any atom is -0.0255 e. The van der Waals surface area contributed by atoms with Crippen molar-refractivity contribution in [1.82, 2.24) is 0 Å². The zero-order valence-corrected chi connectivity index (χ0v) is 33.1. The van der Waals surface area contributed by atoms with E-state index >= 15 is 0 Å². The number of benzene rings is 6. The first-order valence-corrected chi connectivity index (χ1v) is 17.7. The molecule has 3 heteroatoms. The molecule has 7 aromatic carbocycles. The number of halogens is 2. The van der Waals surface area contributed by atoms with Crippen molar-refractivity contribution >= 4 is 46.3 Å². The van der Waals surface area contributed by atoms with Gasteiger partial charge in [0.1, 0.15) is 0 Å². The van der Waals surface area contributed by atoms with Crippen LogP contribution in [-0.2, 0) is 24.2 Å². The van der Waals surface area contributed by atoms with Gasteiger partial charge in [-0.05, 0) is 16.2 Å². The van der Waals surface area contributed by atoms with Gasteiger partial charge in [0.15, 0.2) is 0 Å². The van der Waals surface area contributed by atoms with Crippen LogP contribution >= 0.6 is 0 Å². The molecule has 0 aliphatic heterocycles. The molecule has 0 spiro atoms. The van der Waals surface area contributed by atoms with Gasteiger partial charge in [-0.2, -0.15) is 6.08 Å². The fraction of sp³-hybridized carbons (Fsp3) is 0.174. The third-order valence-electron chi connectivity index (χ3n) is 9.02. The Kier molecular flexibility index (Phi) is 12.9. The summed E-state index contributed by atoms with van der Waals surface area (Å²) in [5.74, 6) is 0. The van der Waals surface area contributed by atoms with Gasteiger partial charge in [-0.15, -0.1) is 47.0 Å². The van der Waals surface area contributed by atoms with Crippen molar-refractivity contribution in [1.29, 1.82) is 0 Å². The van der Waals surface area contributed by atoms with Crippen molar-refractivity contribution < 1.29 is 49.0 Å². The van der Waals surface area contributed by atoms with E-state index < -0.39 is 0 Å². The van der Waals surface area contributed by atoms with Crippen LogP contribution in [-0.4, -0.2) is 3.21 Å². The van der Waals surface area contributed by atoms with E-state index in [1.807, 2.05) is 0 Å². The van der Waals surface area contributed by atoms with Crippen molar-refractivity contribution in [3.8, 4) is 0 Å². The minimum atomic E-state index is 0. The van der Waals surface area contributed by atoms with Gasteiger partial charge in [-0.25, -0.2) is 11.1 Å². The molecule has 0 unspecified atom stereocenters. The topological polar surface area (TPSA) is 0 Å². The summed E-state index contributed by atoms with van der Waals surface area (Å²) in [5, 5.41) is 10.8. The van der Waals surface area contributed by atoms with E-state index in [0.29, 0.717) is 0 Å². The van der Waals surface area contributed by atoms with Gasteiger partial charge in [0.25, 0.3) is 0 Å². The van der Waals surface area contributed by atoms with E-state index in [-0.39, 0.29) is 30.2 Å². The predicted molar refractivity (Wildman–Crippen MR) is 202 cm³/mol. The van der Waals surface area contributed by atoms with E-state index in [2.05, 4.69) is 181 Å². The summed E-state index contributed by atoms with van der Waals surface area (Å²) >= 11 is 1.46. The van der Waals surface area contributed by atoms with Crippen LogP contribution in [0.5, 0.6) is 0 Å². The molecular formula is C46H42Cl2Zr-2. The maximum absolute atomic E-state index is 3.37. The normalized spacial score (nSPS) is 12.2. The summed E-state index contributed by atoms with van der Waals surface area (Å²) < 4.78 is 1.42. The van der Waals surface area contributed by atoms with E-state index in [9.17, 15) is 0 Å². The summed E-state index contributed by atoms with van der Waals surface area (Å²) in [7, 11) is 0. The second-order valence-electron chi connectivity index (χ2n) is 13.6. The van der Waals surface area contributed by atoms with Crippen molar-refractivity contribution in [2.45, 2.75) is 48.0 Å². The molecule has 0 fully saturated rings. The number of hydrogen-bond acceptors (Lipinski definition) is 0. The Morgan fingerprint density at radius 2 is 1.04 bits per heavy atom. The molecule has 0 atom stereocenters. The Balaban J connectivity index is 0.000000173.